The van der Waals surface area contributed by atoms with E-state index >= 15 is 0 Å². The molecule has 0 aromatic rings. The molecule has 1 aliphatic rings. The minimum atomic E-state index is -2.98. The van der Waals surface area contributed by atoms with E-state index in [4.69, 9.17) is 5.73 Å². The summed E-state index contributed by atoms with van der Waals surface area (Å²) < 4.78 is 25.2. The summed E-state index contributed by atoms with van der Waals surface area (Å²) in [5.41, 5.74) is 5.54. The van der Waals surface area contributed by atoms with E-state index in [-0.39, 0.29) is 11.3 Å². The molecule has 3 N–H and O–H groups in total. The Morgan fingerprint density at radius 2 is 2.15 bits per heavy atom. The number of hydrogen-bond acceptors (Lipinski definition) is 3. The molecule has 1 atom stereocenters. The van der Waals surface area contributed by atoms with Crippen LogP contribution in [0.25, 0.3) is 0 Å². The first kappa shape index (κ1) is 10.9. The van der Waals surface area contributed by atoms with E-state index < -0.39 is 10.0 Å². The van der Waals surface area contributed by atoms with E-state index in [9.17, 15) is 8.42 Å². The number of nitrogens with two attached hydrogens (primary N) is 1. The van der Waals surface area contributed by atoms with Crippen LogP contribution in [0.1, 0.15) is 32.6 Å². The van der Waals surface area contributed by atoms with Crippen molar-refractivity contribution < 1.29 is 8.42 Å². The zero-order valence-electron chi connectivity index (χ0n) is 7.99. The lowest BCUT2D eigenvalue weighted by Gasteiger charge is -2.06. The van der Waals surface area contributed by atoms with E-state index in [1.165, 1.54) is 0 Å². The van der Waals surface area contributed by atoms with Crippen LogP contribution in [0, 0.1) is 0 Å². The lowest BCUT2D eigenvalue weighted by atomic mass is 10.2. The SMILES string of the molecule is CC(N)CCCNS(=O)(=O)C1CC1. The lowest BCUT2D eigenvalue weighted by molar-refractivity contribution is 0.567. The number of sulfonamides is 1. The van der Waals surface area contributed by atoms with Crippen LogP contribution >= 0.6 is 0 Å². The molecule has 0 heterocycles. The Labute approximate surface area is 79.9 Å². The summed E-state index contributed by atoms with van der Waals surface area (Å²) in [4.78, 5) is 0. The molecule has 13 heavy (non-hydrogen) atoms. The molecule has 4 nitrogen and oxygen atoms in total. The van der Waals surface area contributed by atoms with E-state index in [1.807, 2.05) is 6.92 Å². The second kappa shape index (κ2) is 4.39. The van der Waals surface area contributed by atoms with Gasteiger partial charge in [-0.1, -0.05) is 0 Å². The number of rotatable bonds is 6. The monoisotopic (exact) mass is 206 g/mol. The zero-order chi connectivity index (χ0) is 9.90. The Hall–Kier alpha value is -0.130. The average molecular weight is 206 g/mol. The largest absolute Gasteiger partial charge is 0.328 e. The van der Waals surface area contributed by atoms with Crippen LogP contribution < -0.4 is 10.5 Å². The van der Waals surface area contributed by atoms with Gasteiger partial charge in [-0.05, 0) is 32.6 Å². The van der Waals surface area contributed by atoms with Crippen LogP contribution in [-0.2, 0) is 10.0 Å². The second-order valence-electron chi connectivity index (χ2n) is 3.76. The quantitative estimate of drug-likeness (QED) is 0.610. The highest BCUT2D eigenvalue weighted by Crippen LogP contribution is 2.27. The van der Waals surface area contributed by atoms with Crippen LogP contribution in [0.5, 0.6) is 0 Å². The molecule has 0 amide bonds. The summed E-state index contributed by atoms with van der Waals surface area (Å²) >= 11 is 0. The van der Waals surface area contributed by atoms with Gasteiger partial charge in [0.1, 0.15) is 0 Å². The third-order valence-corrected chi connectivity index (χ3v) is 4.06. The molecule has 78 valence electrons. The molecule has 0 bridgehead atoms. The topological polar surface area (TPSA) is 72.2 Å². The normalized spacial score (nSPS) is 20.2. The third-order valence-electron chi connectivity index (χ3n) is 2.10. The van der Waals surface area contributed by atoms with Crippen molar-refractivity contribution in [1.82, 2.24) is 4.72 Å². The average Bonchev–Trinajstić information content (AvgIpc) is 2.79. The first-order valence-electron chi connectivity index (χ1n) is 4.76. The zero-order valence-corrected chi connectivity index (χ0v) is 8.81. The van der Waals surface area contributed by atoms with E-state index in [1.54, 1.807) is 0 Å². The Balaban J connectivity index is 2.11. The van der Waals surface area contributed by atoms with Gasteiger partial charge in [0.2, 0.25) is 10.0 Å². The summed E-state index contributed by atoms with van der Waals surface area (Å²) in [6.07, 6.45) is 3.34. The molecule has 1 aliphatic carbocycles. The van der Waals surface area contributed by atoms with Gasteiger partial charge in [-0.3, -0.25) is 0 Å². The molecule has 0 aromatic heterocycles. The fourth-order valence-electron chi connectivity index (χ4n) is 1.13. The molecule has 1 fully saturated rings. The summed E-state index contributed by atoms with van der Waals surface area (Å²) in [5, 5.41) is -0.109. The molecule has 0 radical (unpaired) electrons. The molecule has 1 unspecified atom stereocenters. The van der Waals surface area contributed by atoms with Crippen LogP contribution in [-0.4, -0.2) is 26.3 Å². The Kier molecular flexibility index (Phi) is 3.70. The maximum Gasteiger partial charge on any atom is 0.214 e. The standard InChI is InChI=1S/C8H18N2O2S/c1-7(9)3-2-6-10-13(11,12)8-4-5-8/h7-8,10H,2-6,9H2,1H3. The van der Waals surface area contributed by atoms with Crippen molar-refractivity contribution in [2.45, 2.75) is 43.9 Å². The predicted octanol–water partition coefficient (Wildman–Crippen LogP) is 0.196. The van der Waals surface area contributed by atoms with Gasteiger partial charge in [0.05, 0.1) is 5.25 Å². The number of nitrogens with one attached hydrogen (secondary N) is 1. The molecule has 0 aliphatic heterocycles. The number of hydrogen-bond donors (Lipinski definition) is 2. The molecule has 0 spiro atoms. The second-order valence-corrected chi connectivity index (χ2v) is 5.80. The van der Waals surface area contributed by atoms with Crippen molar-refractivity contribution >= 4 is 10.0 Å². The molecular weight excluding hydrogens is 188 g/mol. The Morgan fingerprint density at radius 3 is 2.62 bits per heavy atom. The van der Waals surface area contributed by atoms with Gasteiger partial charge in [-0.2, -0.15) is 0 Å². The van der Waals surface area contributed by atoms with E-state index in [0.717, 1.165) is 25.7 Å². The van der Waals surface area contributed by atoms with Crippen LogP contribution in [0.2, 0.25) is 0 Å². The van der Waals surface area contributed by atoms with Crippen molar-refractivity contribution in [3.8, 4) is 0 Å². The molecule has 0 saturated heterocycles. The highest BCUT2D eigenvalue weighted by molar-refractivity contribution is 7.90. The molecule has 1 rings (SSSR count). The van der Waals surface area contributed by atoms with Crippen LogP contribution in [0.4, 0.5) is 0 Å². The first-order chi connectivity index (χ1) is 6.02. The Bertz CT molecular complexity index is 245. The summed E-state index contributed by atoms with van der Waals surface area (Å²) in [6, 6.07) is 0.158. The summed E-state index contributed by atoms with van der Waals surface area (Å²) in [7, 11) is -2.98. The molecule has 0 aromatic carbocycles. The Morgan fingerprint density at radius 1 is 1.54 bits per heavy atom. The fourth-order valence-corrected chi connectivity index (χ4v) is 2.56. The molecule has 5 heteroatoms. The van der Waals surface area contributed by atoms with Gasteiger partial charge < -0.3 is 5.73 Å². The van der Waals surface area contributed by atoms with Gasteiger partial charge in [0.25, 0.3) is 0 Å². The van der Waals surface area contributed by atoms with Crippen molar-refractivity contribution in [3.63, 3.8) is 0 Å². The van der Waals surface area contributed by atoms with Gasteiger partial charge in [-0.15, -0.1) is 0 Å². The first-order valence-corrected chi connectivity index (χ1v) is 6.31. The van der Waals surface area contributed by atoms with Crippen molar-refractivity contribution in [3.05, 3.63) is 0 Å². The summed E-state index contributed by atoms with van der Waals surface area (Å²) in [5.74, 6) is 0. The predicted molar refractivity (Wildman–Crippen MR) is 52.8 cm³/mol. The summed E-state index contributed by atoms with van der Waals surface area (Å²) in [6.45, 7) is 2.45. The third kappa shape index (κ3) is 4.06. The highest BCUT2D eigenvalue weighted by atomic mass is 32.2. The molecular formula is C8H18N2O2S. The maximum absolute atomic E-state index is 11.3. The van der Waals surface area contributed by atoms with E-state index in [2.05, 4.69) is 4.72 Å². The van der Waals surface area contributed by atoms with Crippen LogP contribution in [0.15, 0.2) is 0 Å². The van der Waals surface area contributed by atoms with E-state index in [0.29, 0.717) is 6.54 Å². The smallest absolute Gasteiger partial charge is 0.214 e. The minimum Gasteiger partial charge on any atom is -0.328 e. The van der Waals surface area contributed by atoms with Crippen molar-refractivity contribution in [2.24, 2.45) is 5.73 Å². The van der Waals surface area contributed by atoms with Crippen molar-refractivity contribution in [1.29, 1.82) is 0 Å². The minimum absolute atomic E-state index is 0.109. The van der Waals surface area contributed by atoms with Crippen molar-refractivity contribution in [2.75, 3.05) is 6.54 Å². The fraction of sp³-hybridized carbons (Fsp3) is 1.00. The van der Waals surface area contributed by atoms with Gasteiger partial charge in [-0.25, -0.2) is 13.1 Å². The molecule has 1 saturated carbocycles. The van der Waals surface area contributed by atoms with Gasteiger partial charge in [0, 0.05) is 12.6 Å². The lowest BCUT2D eigenvalue weighted by Crippen LogP contribution is -2.29. The maximum atomic E-state index is 11.3. The van der Waals surface area contributed by atoms with Crippen LogP contribution in [0.3, 0.4) is 0 Å². The van der Waals surface area contributed by atoms with Gasteiger partial charge in [0.15, 0.2) is 0 Å². The highest BCUT2D eigenvalue weighted by Gasteiger charge is 2.34. The van der Waals surface area contributed by atoms with Gasteiger partial charge >= 0.3 is 0 Å².